The molecule has 8 heteroatoms. The van der Waals surface area contributed by atoms with E-state index in [0.717, 1.165) is 5.56 Å². The van der Waals surface area contributed by atoms with Crippen molar-refractivity contribution in [2.24, 2.45) is 0 Å². The normalized spacial score (nSPS) is 13.1. The molecular weight excluding hydrogens is 517 g/mol. The first kappa shape index (κ1) is 26.0. The Morgan fingerprint density at radius 2 is 1.36 bits per heavy atom. The first-order chi connectivity index (χ1) is 17.3. The Morgan fingerprint density at radius 1 is 0.750 bits per heavy atom. The van der Waals surface area contributed by atoms with Gasteiger partial charge in [-0.3, -0.25) is 0 Å². The predicted molar refractivity (Wildman–Crippen MR) is 144 cm³/mol. The lowest BCUT2D eigenvalue weighted by Gasteiger charge is -2.26. The van der Waals surface area contributed by atoms with E-state index in [4.69, 9.17) is 32.7 Å². The average Bonchev–Trinajstić information content (AvgIpc) is 2.87. The quantitative estimate of drug-likeness (QED) is 0.231. The number of sulfonamides is 1. The van der Waals surface area contributed by atoms with Crippen molar-refractivity contribution in [2.75, 3.05) is 0 Å². The summed E-state index contributed by atoms with van der Waals surface area (Å²) in [4.78, 5) is 0.0968. The van der Waals surface area contributed by atoms with E-state index in [9.17, 15) is 8.42 Å². The van der Waals surface area contributed by atoms with Crippen LogP contribution in [0.25, 0.3) is 0 Å². The second-order valence-corrected chi connectivity index (χ2v) is 10.8. The summed E-state index contributed by atoms with van der Waals surface area (Å²) < 4.78 is 41.4. The van der Waals surface area contributed by atoms with Crippen LogP contribution in [-0.2, 0) is 16.4 Å². The number of halogens is 2. The first-order valence-corrected chi connectivity index (χ1v) is 13.5. The summed E-state index contributed by atoms with van der Waals surface area (Å²) in [5, 5.41) is 1.21. The summed E-state index contributed by atoms with van der Waals surface area (Å²) in [5.41, 5.74) is 0.961. The van der Waals surface area contributed by atoms with Crippen LogP contribution >= 0.6 is 23.2 Å². The second-order valence-electron chi connectivity index (χ2n) is 8.24. The highest BCUT2D eigenvalue weighted by Crippen LogP contribution is 2.25. The third kappa shape index (κ3) is 7.24. The van der Waals surface area contributed by atoms with Crippen molar-refractivity contribution in [1.29, 1.82) is 0 Å². The molecule has 2 unspecified atom stereocenters. The SMILES string of the molecule is CC(NS(=O)(=O)c1cccc(Oc2ccccc2)c1)C(Cc1ccc(Cl)cc1)Oc1ccc(Cl)cc1. The van der Waals surface area contributed by atoms with Gasteiger partial charge in [0.05, 0.1) is 10.9 Å². The number of nitrogens with one attached hydrogen (secondary N) is 1. The number of hydrogen-bond acceptors (Lipinski definition) is 4. The monoisotopic (exact) mass is 541 g/mol. The summed E-state index contributed by atoms with van der Waals surface area (Å²) in [7, 11) is -3.87. The molecule has 2 atom stereocenters. The molecule has 0 fully saturated rings. The molecule has 0 aliphatic heterocycles. The lowest BCUT2D eigenvalue weighted by Crippen LogP contribution is -2.45. The summed E-state index contributed by atoms with van der Waals surface area (Å²) >= 11 is 12.0. The fraction of sp³-hybridized carbons (Fsp3) is 0.143. The van der Waals surface area contributed by atoms with Crippen molar-refractivity contribution in [3.05, 3.63) is 119 Å². The summed E-state index contributed by atoms with van der Waals surface area (Å²) in [6.07, 6.45) is -0.0495. The number of benzene rings is 4. The summed E-state index contributed by atoms with van der Waals surface area (Å²) in [6.45, 7) is 1.78. The van der Waals surface area contributed by atoms with Gasteiger partial charge in [-0.2, -0.15) is 0 Å². The van der Waals surface area contributed by atoms with Crippen LogP contribution in [0.2, 0.25) is 10.0 Å². The maximum Gasteiger partial charge on any atom is 0.241 e. The molecule has 0 saturated heterocycles. The van der Waals surface area contributed by atoms with E-state index in [1.165, 1.54) is 12.1 Å². The Hall–Kier alpha value is -3.03. The maximum atomic E-state index is 13.3. The van der Waals surface area contributed by atoms with Crippen LogP contribution in [0.1, 0.15) is 12.5 Å². The molecule has 0 aromatic heterocycles. The number of para-hydroxylation sites is 1. The van der Waals surface area contributed by atoms with Crippen LogP contribution in [0.3, 0.4) is 0 Å². The summed E-state index contributed by atoms with van der Waals surface area (Å²) in [5.74, 6) is 1.63. The second kappa shape index (κ2) is 11.8. The third-order valence-electron chi connectivity index (χ3n) is 5.44. The van der Waals surface area contributed by atoms with E-state index in [-0.39, 0.29) is 4.90 Å². The minimum absolute atomic E-state index is 0.0968. The molecule has 1 N–H and O–H groups in total. The molecule has 4 aromatic rings. The van der Waals surface area contributed by atoms with Gasteiger partial charge in [0, 0.05) is 22.5 Å². The van der Waals surface area contributed by atoms with Gasteiger partial charge in [-0.1, -0.05) is 59.6 Å². The van der Waals surface area contributed by atoms with Gasteiger partial charge < -0.3 is 9.47 Å². The average molecular weight is 542 g/mol. The third-order valence-corrected chi connectivity index (χ3v) is 7.51. The van der Waals surface area contributed by atoms with Gasteiger partial charge in [0.1, 0.15) is 23.4 Å². The van der Waals surface area contributed by atoms with Gasteiger partial charge in [0.2, 0.25) is 10.0 Å². The molecular formula is C28H25Cl2NO4S. The van der Waals surface area contributed by atoms with Gasteiger partial charge in [0.15, 0.2) is 0 Å². The zero-order valence-electron chi connectivity index (χ0n) is 19.5. The number of hydrogen-bond donors (Lipinski definition) is 1. The zero-order chi connectivity index (χ0) is 25.5. The van der Waals surface area contributed by atoms with Crippen molar-refractivity contribution >= 4 is 33.2 Å². The van der Waals surface area contributed by atoms with Crippen LogP contribution in [0.5, 0.6) is 17.2 Å². The number of ether oxygens (including phenoxy) is 2. The Balaban J connectivity index is 1.53. The van der Waals surface area contributed by atoms with E-state index >= 15 is 0 Å². The lowest BCUT2D eigenvalue weighted by atomic mass is 10.0. The van der Waals surface area contributed by atoms with Gasteiger partial charge in [0.25, 0.3) is 0 Å². The largest absolute Gasteiger partial charge is 0.488 e. The van der Waals surface area contributed by atoms with Crippen molar-refractivity contribution < 1.29 is 17.9 Å². The van der Waals surface area contributed by atoms with Crippen molar-refractivity contribution in [3.63, 3.8) is 0 Å². The van der Waals surface area contributed by atoms with E-state index in [2.05, 4.69) is 4.72 Å². The van der Waals surface area contributed by atoms with Gasteiger partial charge in [-0.15, -0.1) is 0 Å². The smallest absolute Gasteiger partial charge is 0.241 e. The van der Waals surface area contributed by atoms with Crippen molar-refractivity contribution in [3.8, 4) is 17.2 Å². The molecule has 0 aliphatic rings. The molecule has 0 radical (unpaired) electrons. The van der Waals surface area contributed by atoms with E-state index in [1.54, 1.807) is 67.6 Å². The standard InChI is InChI=1S/C28H25Cl2NO4S/c1-20(28(18-21-10-12-22(29)13-11-21)35-25-16-14-23(30)15-17-25)31-36(32,33)27-9-5-8-26(19-27)34-24-6-3-2-4-7-24/h2-17,19-20,28,31H,18H2,1H3. The molecule has 0 amide bonds. The molecule has 4 aromatic carbocycles. The highest BCUT2D eigenvalue weighted by molar-refractivity contribution is 7.89. The molecule has 4 rings (SSSR count). The molecule has 36 heavy (non-hydrogen) atoms. The molecule has 0 bridgehead atoms. The minimum Gasteiger partial charge on any atom is -0.488 e. The molecule has 0 saturated carbocycles. The fourth-order valence-corrected chi connectivity index (χ4v) is 5.14. The fourth-order valence-electron chi connectivity index (χ4n) is 3.58. The van der Waals surface area contributed by atoms with Gasteiger partial charge in [-0.25, -0.2) is 13.1 Å². The van der Waals surface area contributed by atoms with Crippen LogP contribution in [0.4, 0.5) is 0 Å². The molecule has 5 nitrogen and oxygen atoms in total. The number of rotatable bonds is 10. The van der Waals surface area contributed by atoms with E-state index in [1.807, 2.05) is 30.3 Å². The highest BCUT2D eigenvalue weighted by atomic mass is 35.5. The molecule has 0 aliphatic carbocycles. The van der Waals surface area contributed by atoms with Gasteiger partial charge in [-0.05, 0) is 73.2 Å². The topological polar surface area (TPSA) is 64.6 Å². The van der Waals surface area contributed by atoms with E-state index < -0.39 is 22.2 Å². The van der Waals surface area contributed by atoms with Crippen LogP contribution in [0, 0.1) is 0 Å². The van der Waals surface area contributed by atoms with E-state index in [0.29, 0.717) is 33.7 Å². The highest BCUT2D eigenvalue weighted by Gasteiger charge is 2.26. The molecule has 0 spiro atoms. The Bertz CT molecular complexity index is 1330. The minimum atomic E-state index is -3.87. The zero-order valence-corrected chi connectivity index (χ0v) is 21.8. The Labute approximate surface area is 221 Å². The molecule has 186 valence electrons. The van der Waals surface area contributed by atoms with Crippen molar-refractivity contribution in [1.82, 2.24) is 4.72 Å². The predicted octanol–water partition coefficient (Wildman–Crippen LogP) is 7.14. The van der Waals surface area contributed by atoms with Crippen LogP contribution < -0.4 is 14.2 Å². The Kier molecular flexibility index (Phi) is 8.54. The first-order valence-electron chi connectivity index (χ1n) is 11.3. The molecule has 0 heterocycles. The van der Waals surface area contributed by atoms with Gasteiger partial charge >= 0.3 is 0 Å². The van der Waals surface area contributed by atoms with Crippen molar-refractivity contribution in [2.45, 2.75) is 30.4 Å². The Morgan fingerprint density at radius 3 is 2.03 bits per heavy atom. The van der Waals surface area contributed by atoms with Crippen LogP contribution in [-0.4, -0.2) is 20.6 Å². The summed E-state index contributed by atoms with van der Waals surface area (Å²) in [6, 6.07) is 29.3. The lowest BCUT2D eigenvalue weighted by molar-refractivity contribution is 0.170. The van der Waals surface area contributed by atoms with Crippen LogP contribution in [0.15, 0.2) is 108 Å². The maximum absolute atomic E-state index is 13.3.